The van der Waals surface area contributed by atoms with E-state index in [9.17, 15) is 14.9 Å². The summed E-state index contributed by atoms with van der Waals surface area (Å²) in [5.41, 5.74) is 2.57. The normalized spacial score (nSPS) is 11.8. The van der Waals surface area contributed by atoms with E-state index >= 15 is 0 Å². The van der Waals surface area contributed by atoms with Gasteiger partial charge in [0.15, 0.2) is 0 Å². The van der Waals surface area contributed by atoms with Crippen LogP contribution in [0.1, 0.15) is 51.1 Å². The lowest BCUT2D eigenvalue weighted by Gasteiger charge is -2.20. The highest BCUT2D eigenvalue weighted by Gasteiger charge is 2.16. The number of rotatable bonds is 6. The number of nitrogens with one attached hydrogen (secondary N) is 2. The van der Waals surface area contributed by atoms with Gasteiger partial charge in [-0.05, 0) is 58.7 Å². The first kappa shape index (κ1) is 20.5. The summed E-state index contributed by atoms with van der Waals surface area (Å²) < 4.78 is 2.16. The minimum absolute atomic E-state index is 0.0136. The molecule has 0 aliphatic heterocycles. The number of carbonyl (C=O) groups excluding carboxylic acids is 2. The summed E-state index contributed by atoms with van der Waals surface area (Å²) in [5, 5.41) is 14.5. The van der Waals surface area contributed by atoms with Gasteiger partial charge in [0.05, 0.1) is 6.54 Å². The predicted octanol–water partition coefficient (Wildman–Crippen LogP) is 2.45. The number of nitriles is 1. The number of aryl methyl sites for hydroxylation is 1. The van der Waals surface area contributed by atoms with Gasteiger partial charge in [-0.3, -0.25) is 9.59 Å². The van der Waals surface area contributed by atoms with Crippen molar-refractivity contribution in [3.05, 3.63) is 28.6 Å². The molecule has 1 heterocycles. The maximum atomic E-state index is 12.2. The number of nitrogens with zero attached hydrogens (tertiary/aromatic N) is 2. The summed E-state index contributed by atoms with van der Waals surface area (Å²) in [7, 11) is 0. The molecule has 0 unspecified atom stereocenters. The summed E-state index contributed by atoms with van der Waals surface area (Å²) in [5.74, 6) is -0.842. The van der Waals surface area contributed by atoms with E-state index in [-0.39, 0.29) is 23.6 Å². The fraction of sp³-hybridized carbons (Fsp3) is 0.526. The largest absolute Gasteiger partial charge is 0.350 e. The summed E-state index contributed by atoms with van der Waals surface area (Å²) >= 11 is 0. The van der Waals surface area contributed by atoms with E-state index in [1.54, 1.807) is 6.08 Å². The Kier molecular flexibility index (Phi) is 6.98. The second kappa shape index (κ2) is 8.52. The quantitative estimate of drug-likeness (QED) is 0.614. The molecule has 0 aliphatic carbocycles. The topological polar surface area (TPSA) is 86.9 Å². The van der Waals surface area contributed by atoms with Crippen molar-refractivity contribution in [2.45, 2.75) is 60.0 Å². The van der Waals surface area contributed by atoms with Crippen LogP contribution in [-0.4, -0.2) is 28.5 Å². The predicted molar refractivity (Wildman–Crippen MR) is 98.7 cm³/mol. The SMILES string of the molecule is CCCn1c(C)cc(/C=C(\C#N)C(=O)NCC(=O)NC(C)(C)C)c1C. The van der Waals surface area contributed by atoms with Crippen molar-refractivity contribution in [1.82, 2.24) is 15.2 Å². The third-order valence-electron chi connectivity index (χ3n) is 3.65. The fourth-order valence-electron chi connectivity index (χ4n) is 2.56. The molecule has 25 heavy (non-hydrogen) atoms. The maximum absolute atomic E-state index is 12.2. The molecule has 1 rings (SSSR count). The second-order valence-corrected chi connectivity index (χ2v) is 7.13. The molecule has 1 aromatic heterocycles. The lowest BCUT2D eigenvalue weighted by atomic mass is 10.1. The van der Waals surface area contributed by atoms with Crippen LogP contribution in [-0.2, 0) is 16.1 Å². The van der Waals surface area contributed by atoms with Gasteiger partial charge >= 0.3 is 0 Å². The maximum Gasteiger partial charge on any atom is 0.262 e. The molecule has 0 radical (unpaired) electrons. The summed E-state index contributed by atoms with van der Waals surface area (Å²) in [6.07, 6.45) is 2.58. The Balaban J connectivity index is 2.87. The van der Waals surface area contributed by atoms with Crippen molar-refractivity contribution in [3.8, 4) is 6.07 Å². The molecular weight excluding hydrogens is 316 g/mol. The molecule has 0 fully saturated rings. The van der Waals surface area contributed by atoms with Gasteiger partial charge in [0.1, 0.15) is 11.6 Å². The zero-order chi connectivity index (χ0) is 19.2. The Labute approximate surface area is 149 Å². The van der Waals surface area contributed by atoms with Crippen molar-refractivity contribution in [2.24, 2.45) is 0 Å². The van der Waals surface area contributed by atoms with E-state index in [1.165, 1.54) is 0 Å². The first-order chi connectivity index (χ1) is 11.6. The van der Waals surface area contributed by atoms with Crippen LogP contribution in [0.5, 0.6) is 0 Å². The van der Waals surface area contributed by atoms with Crippen LogP contribution in [0.2, 0.25) is 0 Å². The third-order valence-corrected chi connectivity index (χ3v) is 3.65. The van der Waals surface area contributed by atoms with Gasteiger partial charge in [0.2, 0.25) is 5.91 Å². The molecule has 6 heteroatoms. The van der Waals surface area contributed by atoms with Crippen LogP contribution >= 0.6 is 0 Å². The highest BCUT2D eigenvalue weighted by atomic mass is 16.2. The van der Waals surface area contributed by atoms with Crippen LogP contribution in [0.3, 0.4) is 0 Å². The molecule has 1 aromatic rings. The van der Waals surface area contributed by atoms with Crippen LogP contribution in [0, 0.1) is 25.2 Å². The Morgan fingerprint density at radius 1 is 1.32 bits per heavy atom. The minimum Gasteiger partial charge on any atom is -0.350 e. The molecule has 0 atom stereocenters. The Morgan fingerprint density at radius 3 is 2.48 bits per heavy atom. The molecule has 0 aromatic carbocycles. The average Bonchev–Trinajstić information content (AvgIpc) is 2.76. The zero-order valence-corrected chi connectivity index (χ0v) is 16.0. The van der Waals surface area contributed by atoms with Crippen LogP contribution in [0.25, 0.3) is 6.08 Å². The first-order valence-corrected chi connectivity index (χ1v) is 8.46. The number of carbonyl (C=O) groups is 2. The summed E-state index contributed by atoms with van der Waals surface area (Å²) in [6, 6.07) is 3.88. The van der Waals surface area contributed by atoms with E-state index in [0.29, 0.717) is 0 Å². The van der Waals surface area contributed by atoms with Crippen molar-refractivity contribution in [3.63, 3.8) is 0 Å². The van der Waals surface area contributed by atoms with Crippen molar-refractivity contribution in [1.29, 1.82) is 5.26 Å². The van der Waals surface area contributed by atoms with Gasteiger partial charge in [0.25, 0.3) is 5.91 Å². The van der Waals surface area contributed by atoms with Crippen molar-refractivity contribution in [2.75, 3.05) is 6.54 Å². The van der Waals surface area contributed by atoms with Gasteiger partial charge in [-0.25, -0.2) is 0 Å². The monoisotopic (exact) mass is 344 g/mol. The molecule has 2 amide bonds. The molecule has 2 N–H and O–H groups in total. The second-order valence-electron chi connectivity index (χ2n) is 7.13. The minimum atomic E-state index is -0.549. The fourth-order valence-corrected chi connectivity index (χ4v) is 2.56. The zero-order valence-electron chi connectivity index (χ0n) is 16.0. The molecule has 136 valence electrons. The van der Waals surface area contributed by atoms with Gasteiger partial charge in [0, 0.05) is 23.5 Å². The van der Waals surface area contributed by atoms with Crippen LogP contribution < -0.4 is 10.6 Å². The Hall–Kier alpha value is -2.55. The Morgan fingerprint density at radius 2 is 1.96 bits per heavy atom. The lowest BCUT2D eigenvalue weighted by Crippen LogP contribution is -2.46. The summed E-state index contributed by atoms with van der Waals surface area (Å²) in [4.78, 5) is 24.0. The molecule has 6 nitrogen and oxygen atoms in total. The molecular formula is C19H28N4O2. The highest BCUT2D eigenvalue weighted by Crippen LogP contribution is 2.18. The first-order valence-electron chi connectivity index (χ1n) is 8.46. The van der Waals surface area contributed by atoms with Gasteiger partial charge in [-0.1, -0.05) is 6.92 Å². The van der Waals surface area contributed by atoms with Crippen LogP contribution in [0.15, 0.2) is 11.6 Å². The van der Waals surface area contributed by atoms with Gasteiger partial charge < -0.3 is 15.2 Å². The standard InChI is InChI=1S/C19H28N4O2/c1-7-8-23-13(2)9-15(14(23)3)10-16(11-20)18(25)21-12-17(24)22-19(4,5)6/h9-10H,7-8,12H2,1-6H3,(H,21,25)(H,22,24)/b16-10+. The highest BCUT2D eigenvalue weighted by molar-refractivity contribution is 6.03. The number of hydrogen-bond donors (Lipinski definition) is 2. The van der Waals surface area contributed by atoms with E-state index in [4.69, 9.17) is 0 Å². The molecule has 0 bridgehead atoms. The van der Waals surface area contributed by atoms with Crippen molar-refractivity contribution >= 4 is 17.9 Å². The molecule has 0 aliphatic rings. The van der Waals surface area contributed by atoms with Gasteiger partial charge in [-0.15, -0.1) is 0 Å². The molecule has 0 saturated carbocycles. The van der Waals surface area contributed by atoms with Gasteiger partial charge in [-0.2, -0.15) is 5.26 Å². The van der Waals surface area contributed by atoms with Crippen molar-refractivity contribution < 1.29 is 9.59 Å². The number of hydrogen-bond acceptors (Lipinski definition) is 3. The van der Waals surface area contributed by atoms with E-state index in [0.717, 1.165) is 29.9 Å². The average molecular weight is 344 g/mol. The smallest absolute Gasteiger partial charge is 0.262 e. The number of aromatic nitrogens is 1. The summed E-state index contributed by atoms with van der Waals surface area (Å²) in [6.45, 7) is 12.4. The van der Waals surface area contributed by atoms with E-state index in [1.807, 2.05) is 46.8 Å². The Bertz CT molecular complexity index is 715. The lowest BCUT2D eigenvalue weighted by molar-refractivity contribution is -0.125. The van der Waals surface area contributed by atoms with Crippen LogP contribution in [0.4, 0.5) is 0 Å². The molecule has 0 saturated heterocycles. The third kappa shape index (κ3) is 6.11. The van der Waals surface area contributed by atoms with E-state index in [2.05, 4.69) is 22.1 Å². The molecule has 0 spiro atoms. The number of amides is 2. The van der Waals surface area contributed by atoms with E-state index < -0.39 is 5.91 Å².